The van der Waals surface area contributed by atoms with Gasteiger partial charge in [0.1, 0.15) is 0 Å². The largest absolute Gasteiger partial charge is 0.218 e. The summed E-state index contributed by atoms with van der Waals surface area (Å²) < 4.78 is 4.04. The Morgan fingerprint density at radius 2 is 1.34 bits per heavy atom. The van der Waals surface area contributed by atoms with Crippen molar-refractivity contribution in [3.63, 3.8) is 0 Å². The second-order valence-electron chi connectivity index (χ2n) is 7.27. The van der Waals surface area contributed by atoms with Crippen LogP contribution in [0.25, 0.3) is 38.9 Å². The first-order valence-corrected chi connectivity index (χ1v) is 12.7. The van der Waals surface area contributed by atoms with E-state index in [1.54, 1.807) is 11.3 Å². The zero-order valence-corrected chi connectivity index (χ0v) is 21.6. The first-order chi connectivity index (χ1) is 15.5. The van der Waals surface area contributed by atoms with E-state index >= 15 is 0 Å². The van der Waals surface area contributed by atoms with Gasteiger partial charge in [0.25, 0.3) is 0 Å². The molecule has 0 spiro atoms. The van der Waals surface area contributed by atoms with Crippen molar-refractivity contribution >= 4 is 54.8 Å². The van der Waals surface area contributed by atoms with Gasteiger partial charge in [0.05, 0.1) is 17.1 Å². The zero-order valence-electron chi connectivity index (χ0n) is 16.9. The molecule has 0 saturated carbocycles. The van der Waals surface area contributed by atoms with Crippen molar-refractivity contribution in [3.05, 3.63) is 97.7 Å². The Balaban J connectivity index is 1.67. The molecule has 3 nitrogen and oxygen atoms in total. The second-order valence-corrected chi connectivity index (χ2v) is 10.4. The molecule has 7 heteroatoms. The highest BCUT2D eigenvalue weighted by molar-refractivity contribution is 9.10. The van der Waals surface area contributed by atoms with Crippen LogP contribution in [0.1, 0.15) is 5.56 Å². The van der Waals surface area contributed by atoms with Crippen LogP contribution in [0, 0.1) is 6.92 Å². The Bertz CT molecular complexity index is 1390. The molecule has 0 N–H and O–H groups in total. The third-order valence-electron chi connectivity index (χ3n) is 5.17. The molecule has 32 heavy (non-hydrogen) atoms. The van der Waals surface area contributed by atoms with Gasteiger partial charge in [-0.3, -0.25) is 0 Å². The summed E-state index contributed by atoms with van der Waals surface area (Å²) in [6, 6.07) is 24.3. The molecule has 158 valence electrons. The summed E-state index contributed by atoms with van der Waals surface area (Å²) in [4.78, 5) is 4.91. The lowest BCUT2D eigenvalue weighted by Crippen LogP contribution is -1.99. The molecule has 0 saturated heterocycles. The molecule has 2 heterocycles. The van der Waals surface area contributed by atoms with E-state index in [4.69, 9.17) is 21.7 Å². The normalized spacial score (nSPS) is 11.1. The molecule has 3 aromatic carbocycles. The number of thiazole rings is 1. The predicted octanol–water partition coefficient (Wildman–Crippen LogP) is 8.82. The van der Waals surface area contributed by atoms with Crippen molar-refractivity contribution in [1.29, 1.82) is 0 Å². The average molecular weight is 586 g/mol. The number of hydrogen-bond donors (Lipinski definition) is 0. The molecular formula is C25H16Br2ClN3S. The molecule has 0 aliphatic carbocycles. The Labute approximate surface area is 212 Å². The lowest BCUT2D eigenvalue weighted by atomic mass is 10.0. The molecule has 0 unspecified atom stereocenters. The molecule has 5 aromatic rings. The fourth-order valence-electron chi connectivity index (χ4n) is 3.58. The van der Waals surface area contributed by atoms with Gasteiger partial charge >= 0.3 is 0 Å². The van der Waals surface area contributed by atoms with Crippen molar-refractivity contribution in [2.75, 3.05) is 0 Å². The van der Waals surface area contributed by atoms with Crippen LogP contribution in [-0.2, 0) is 0 Å². The fourth-order valence-corrected chi connectivity index (χ4v) is 5.02. The monoisotopic (exact) mass is 583 g/mol. The Morgan fingerprint density at radius 1 is 0.781 bits per heavy atom. The van der Waals surface area contributed by atoms with Gasteiger partial charge in [0, 0.05) is 41.6 Å². The van der Waals surface area contributed by atoms with E-state index in [1.807, 2.05) is 53.2 Å². The quantitative estimate of drug-likeness (QED) is 0.211. The Morgan fingerprint density at radius 3 is 1.97 bits per heavy atom. The molecule has 2 aromatic heterocycles. The van der Waals surface area contributed by atoms with Crippen molar-refractivity contribution in [1.82, 2.24) is 14.8 Å². The molecule has 0 aliphatic rings. The lowest BCUT2D eigenvalue weighted by molar-refractivity contribution is 0.881. The van der Waals surface area contributed by atoms with Crippen molar-refractivity contribution in [2.45, 2.75) is 6.92 Å². The van der Waals surface area contributed by atoms with Crippen molar-refractivity contribution in [3.8, 4) is 38.9 Å². The minimum absolute atomic E-state index is 0.712. The number of benzene rings is 3. The average Bonchev–Trinajstić information content (AvgIpc) is 3.41. The van der Waals surface area contributed by atoms with Gasteiger partial charge < -0.3 is 0 Å². The van der Waals surface area contributed by atoms with Gasteiger partial charge in [0.15, 0.2) is 0 Å². The minimum Gasteiger partial charge on any atom is -0.218 e. The Hall–Kier alpha value is -2.25. The maximum atomic E-state index is 6.05. The number of halogens is 3. The Kier molecular flexibility index (Phi) is 6.03. The number of aromatic nitrogens is 3. The summed E-state index contributed by atoms with van der Waals surface area (Å²) >= 11 is 14.7. The molecule has 0 bridgehead atoms. The summed E-state index contributed by atoms with van der Waals surface area (Å²) in [7, 11) is 0. The van der Waals surface area contributed by atoms with E-state index in [1.165, 1.54) is 0 Å². The smallest absolute Gasteiger partial charge is 0.211 e. The van der Waals surface area contributed by atoms with Gasteiger partial charge in [0.2, 0.25) is 5.13 Å². The third kappa shape index (κ3) is 4.20. The number of nitrogens with zero attached hydrogens (tertiary/aromatic N) is 3. The van der Waals surface area contributed by atoms with Gasteiger partial charge in [-0.15, -0.1) is 11.3 Å². The highest BCUT2D eigenvalue weighted by Crippen LogP contribution is 2.36. The fraction of sp³-hybridized carbons (Fsp3) is 0.0400. The van der Waals surface area contributed by atoms with E-state index in [-0.39, 0.29) is 0 Å². The molecule has 0 atom stereocenters. The maximum absolute atomic E-state index is 6.05. The van der Waals surface area contributed by atoms with Gasteiger partial charge in [-0.05, 0) is 43.3 Å². The van der Waals surface area contributed by atoms with E-state index in [2.05, 4.69) is 68.4 Å². The first-order valence-electron chi connectivity index (χ1n) is 9.83. The molecule has 0 aliphatic heterocycles. The highest BCUT2D eigenvalue weighted by Gasteiger charge is 2.20. The second kappa shape index (κ2) is 8.94. The van der Waals surface area contributed by atoms with Crippen LogP contribution in [0.2, 0.25) is 5.02 Å². The van der Waals surface area contributed by atoms with Crippen LogP contribution in [0.4, 0.5) is 0 Å². The van der Waals surface area contributed by atoms with Crippen LogP contribution in [0.3, 0.4) is 0 Å². The minimum atomic E-state index is 0.712. The van der Waals surface area contributed by atoms with Crippen molar-refractivity contribution < 1.29 is 0 Å². The SMILES string of the molecule is Cc1c(-c2ccc(Br)cc2)nn(-c2nc(-c3ccc(Cl)cc3)cs2)c1-c1ccc(Br)cc1. The molecule has 0 amide bonds. The molecular weight excluding hydrogens is 570 g/mol. The predicted molar refractivity (Wildman–Crippen MR) is 141 cm³/mol. The van der Waals surface area contributed by atoms with Crippen LogP contribution in [-0.4, -0.2) is 14.8 Å². The summed E-state index contributed by atoms with van der Waals surface area (Å²) in [6.45, 7) is 2.12. The van der Waals surface area contributed by atoms with E-state index < -0.39 is 0 Å². The topological polar surface area (TPSA) is 30.7 Å². The van der Waals surface area contributed by atoms with E-state index in [0.29, 0.717) is 5.02 Å². The van der Waals surface area contributed by atoms with E-state index in [0.717, 1.165) is 53.4 Å². The number of rotatable bonds is 4. The summed E-state index contributed by atoms with van der Waals surface area (Å²) in [5.74, 6) is 0. The van der Waals surface area contributed by atoms with Crippen LogP contribution in [0.5, 0.6) is 0 Å². The summed E-state index contributed by atoms with van der Waals surface area (Å²) in [5.41, 5.74) is 7.17. The molecule has 0 radical (unpaired) electrons. The third-order valence-corrected chi connectivity index (χ3v) is 7.30. The van der Waals surface area contributed by atoms with Gasteiger partial charge in [-0.1, -0.05) is 79.9 Å². The van der Waals surface area contributed by atoms with Crippen molar-refractivity contribution in [2.24, 2.45) is 0 Å². The van der Waals surface area contributed by atoms with Gasteiger partial charge in [-0.25, -0.2) is 9.67 Å². The zero-order chi connectivity index (χ0) is 22.2. The standard InChI is InChI=1S/C25H16Br2ClN3S/c1-15-23(17-2-8-19(26)9-3-17)30-31(24(15)18-4-10-20(27)11-5-18)25-29-22(14-32-25)16-6-12-21(28)13-7-16/h2-14H,1H3. The first kappa shape index (κ1) is 21.6. The summed E-state index contributed by atoms with van der Waals surface area (Å²) in [5, 5.41) is 8.60. The summed E-state index contributed by atoms with van der Waals surface area (Å²) in [6.07, 6.45) is 0. The maximum Gasteiger partial charge on any atom is 0.211 e. The van der Waals surface area contributed by atoms with Crippen LogP contribution < -0.4 is 0 Å². The molecule has 0 fully saturated rings. The number of hydrogen-bond acceptors (Lipinski definition) is 3. The highest BCUT2D eigenvalue weighted by atomic mass is 79.9. The van der Waals surface area contributed by atoms with E-state index in [9.17, 15) is 0 Å². The van der Waals surface area contributed by atoms with Crippen LogP contribution in [0.15, 0.2) is 87.1 Å². The van der Waals surface area contributed by atoms with Crippen LogP contribution >= 0.6 is 54.8 Å². The van der Waals surface area contributed by atoms with Gasteiger partial charge in [-0.2, -0.15) is 5.10 Å². The lowest BCUT2D eigenvalue weighted by Gasteiger charge is -2.06. The molecule has 5 rings (SSSR count).